The number of rotatable bonds is 10. The second kappa shape index (κ2) is 10.6. The molecule has 1 aliphatic rings. The minimum Gasteiger partial charge on any atom is -0.496 e. The Morgan fingerprint density at radius 3 is 2.08 bits per heavy atom. The lowest BCUT2D eigenvalue weighted by Gasteiger charge is -2.14. The second-order valence-corrected chi connectivity index (χ2v) is 9.61. The maximum atomic E-state index is 13.2. The van der Waals surface area contributed by atoms with E-state index in [-0.39, 0.29) is 36.1 Å². The van der Waals surface area contributed by atoms with Crippen LogP contribution in [0.5, 0.6) is 17.2 Å². The van der Waals surface area contributed by atoms with Crippen LogP contribution in [-0.2, 0) is 22.4 Å². The van der Waals surface area contributed by atoms with Gasteiger partial charge in [-0.25, -0.2) is 4.39 Å². The van der Waals surface area contributed by atoms with Gasteiger partial charge in [-0.2, -0.15) is 0 Å². The van der Waals surface area contributed by atoms with E-state index in [0.717, 1.165) is 5.56 Å². The van der Waals surface area contributed by atoms with Crippen LogP contribution in [-0.4, -0.2) is 36.6 Å². The Balaban J connectivity index is 1.29. The number of hydrogen-bond donors (Lipinski definition) is 1. The van der Waals surface area contributed by atoms with E-state index >= 15 is 0 Å². The molecule has 1 N–H and O–H groups in total. The number of amides is 1. The van der Waals surface area contributed by atoms with Crippen LogP contribution in [0.3, 0.4) is 0 Å². The molecule has 0 aliphatic heterocycles. The van der Waals surface area contributed by atoms with Crippen molar-refractivity contribution in [2.45, 2.75) is 25.7 Å². The number of ketones is 2. The number of aromatic nitrogens is 1. The third-order valence-electron chi connectivity index (χ3n) is 7.11. The lowest BCUT2D eigenvalue weighted by Crippen LogP contribution is -2.28. The zero-order valence-electron chi connectivity index (χ0n) is 21.6. The van der Waals surface area contributed by atoms with Gasteiger partial charge in [-0.15, -0.1) is 0 Å². The van der Waals surface area contributed by atoms with E-state index in [1.54, 1.807) is 67.8 Å². The van der Waals surface area contributed by atoms with Crippen molar-refractivity contribution < 1.29 is 28.2 Å². The number of carbonyl (C=O) groups is 3. The molecule has 1 aliphatic carbocycles. The van der Waals surface area contributed by atoms with Gasteiger partial charge < -0.3 is 14.8 Å². The highest BCUT2D eigenvalue weighted by Gasteiger charge is 2.54. The molecule has 1 aromatic heterocycles. The molecule has 7 nitrogen and oxygen atoms in total. The molecule has 0 bridgehead atoms. The molecule has 198 valence electrons. The highest BCUT2D eigenvalue weighted by Crippen LogP contribution is 2.48. The highest BCUT2D eigenvalue weighted by atomic mass is 19.1. The highest BCUT2D eigenvalue weighted by molar-refractivity contribution is 6.11. The van der Waals surface area contributed by atoms with Crippen LogP contribution in [0.25, 0.3) is 10.9 Å². The fourth-order valence-electron chi connectivity index (χ4n) is 4.67. The van der Waals surface area contributed by atoms with E-state index in [4.69, 9.17) is 9.47 Å². The lowest BCUT2D eigenvalue weighted by atomic mass is 9.88. The molecule has 1 heterocycles. The summed E-state index contributed by atoms with van der Waals surface area (Å²) in [5, 5.41) is 3.25. The van der Waals surface area contributed by atoms with Gasteiger partial charge in [0.05, 0.1) is 23.6 Å². The van der Waals surface area contributed by atoms with Gasteiger partial charge in [0.2, 0.25) is 0 Å². The van der Waals surface area contributed by atoms with Gasteiger partial charge in [0.1, 0.15) is 23.1 Å². The van der Waals surface area contributed by atoms with E-state index in [0.29, 0.717) is 52.1 Å². The zero-order chi connectivity index (χ0) is 27.6. The van der Waals surface area contributed by atoms with Crippen molar-refractivity contribution in [1.29, 1.82) is 0 Å². The predicted molar refractivity (Wildman–Crippen MR) is 144 cm³/mol. The SMILES string of the molecule is CNC(=O)c1cc2c(Oc3ccc(CC(=O)C4(C(=O)Cc5ccc(F)cc5)CC4)cc3)ccnc2cc1OC. The Hall–Kier alpha value is -4.59. The maximum Gasteiger partial charge on any atom is 0.254 e. The molecule has 0 saturated heterocycles. The summed E-state index contributed by atoms with van der Waals surface area (Å²) in [6.45, 7) is 0. The average Bonchev–Trinajstić information content (AvgIpc) is 3.77. The molecule has 0 atom stereocenters. The van der Waals surface area contributed by atoms with Gasteiger partial charge in [-0.1, -0.05) is 24.3 Å². The van der Waals surface area contributed by atoms with Crippen molar-refractivity contribution in [3.05, 3.63) is 95.4 Å². The van der Waals surface area contributed by atoms with Gasteiger partial charge in [-0.05, 0) is 60.4 Å². The minimum atomic E-state index is -0.941. The zero-order valence-corrected chi connectivity index (χ0v) is 21.6. The minimum absolute atomic E-state index is 0.0981. The van der Waals surface area contributed by atoms with Crippen LogP contribution in [0, 0.1) is 11.2 Å². The summed E-state index contributed by atoms with van der Waals surface area (Å²) in [5.74, 6) is 0.606. The third-order valence-corrected chi connectivity index (χ3v) is 7.11. The van der Waals surface area contributed by atoms with Gasteiger partial charge in [-0.3, -0.25) is 19.4 Å². The molecule has 1 saturated carbocycles. The fraction of sp³-hybridized carbons (Fsp3) is 0.226. The first-order valence-corrected chi connectivity index (χ1v) is 12.6. The first-order valence-electron chi connectivity index (χ1n) is 12.6. The Labute approximate surface area is 225 Å². The number of hydrogen-bond acceptors (Lipinski definition) is 6. The van der Waals surface area contributed by atoms with Crippen LogP contribution in [0.15, 0.2) is 72.9 Å². The van der Waals surface area contributed by atoms with E-state index in [2.05, 4.69) is 10.3 Å². The first kappa shape index (κ1) is 26.0. The number of pyridine rings is 1. The molecule has 4 aromatic rings. The van der Waals surface area contributed by atoms with Gasteiger partial charge in [0.25, 0.3) is 5.91 Å². The van der Waals surface area contributed by atoms with E-state index in [1.807, 2.05) is 0 Å². The second-order valence-electron chi connectivity index (χ2n) is 9.61. The number of carbonyl (C=O) groups excluding carboxylic acids is 3. The van der Waals surface area contributed by atoms with Crippen LogP contribution >= 0.6 is 0 Å². The number of nitrogens with one attached hydrogen (secondary N) is 1. The number of benzene rings is 3. The number of Topliss-reactive ketones (excluding diaryl/α,β-unsaturated/α-hetero) is 2. The van der Waals surface area contributed by atoms with Crippen LogP contribution in [0.1, 0.15) is 34.3 Å². The summed E-state index contributed by atoms with van der Waals surface area (Å²) >= 11 is 0. The normalized spacial score (nSPS) is 13.5. The maximum absolute atomic E-state index is 13.2. The average molecular weight is 527 g/mol. The molecule has 1 fully saturated rings. The molecule has 1 amide bonds. The molecule has 3 aromatic carbocycles. The molecular formula is C31H27FN2O5. The van der Waals surface area contributed by atoms with E-state index in [1.165, 1.54) is 19.2 Å². The van der Waals surface area contributed by atoms with E-state index in [9.17, 15) is 18.8 Å². The lowest BCUT2D eigenvalue weighted by molar-refractivity contribution is -0.133. The molecule has 5 rings (SSSR count). The molecule has 39 heavy (non-hydrogen) atoms. The number of fused-ring (bicyclic) bond motifs is 1. The Bertz CT molecular complexity index is 1560. The number of ether oxygens (including phenoxy) is 2. The number of halogens is 1. The van der Waals surface area contributed by atoms with Crippen molar-refractivity contribution in [2.75, 3.05) is 14.2 Å². The smallest absolute Gasteiger partial charge is 0.254 e. The monoisotopic (exact) mass is 526 g/mol. The number of nitrogens with zero attached hydrogens (tertiary/aromatic N) is 1. The Morgan fingerprint density at radius 1 is 0.897 bits per heavy atom. The van der Waals surface area contributed by atoms with Crippen molar-refractivity contribution >= 4 is 28.4 Å². The predicted octanol–water partition coefficient (Wildman–Crippen LogP) is 5.24. The summed E-state index contributed by atoms with van der Waals surface area (Å²) in [5.41, 5.74) is 1.51. The summed E-state index contributed by atoms with van der Waals surface area (Å²) < 4.78 is 24.6. The quantitative estimate of drug-likeness (QED) is 0.284. The molecule has 8 heteroatoms. The van der Waals surface area contributed by atoms with Gasteiger partial charge in [0.15, 0.2) is 11.6 Å². The van der Waals surface area contributed by atoms with Gasteiger partial charge >= 0.3 is 0 Å². The molecule has 0 radical (unpaired) electrons. The topological polar surface area (TPSA) is 94.6 Å². The van der Waals surface area contributed by atoms with Gasteiger partial charge in [0, 0.05) is 37.5 Å². The fourth-order valence-corrected chi connectivity index (χ4v) is 4.67. The Kier molecular flexibility index (Phi) is 7.11. The van der Waals surface area contributed by atoms with Crippen LogP contribution < -0.4 is 14.8 Å². The molecule has 0 unspecified atom stereocenters. The molecular weight excluding hydrogens is 499 g/mol. The standard InChI is InChI=1S/C31H27FN2O5/c1-33-30(37)24-17-23-25(18-27(24)38-2)34-14-11-26(23)39-22-9-5-20(6-10-22)16-29(36)31(12-13-31)28(35)15-19-3-7-21(32)8-4-19/h3-11,14,17-18H,12-13,15-16H2,1-2H3,(H,33,37). The molecule has 0 spiro atoms. The van der Waals surface area contributed by atoms with Crippen molar-refractivity contribution in [3.8, 4) is 17.2 Å². The van der Waals surface area contributed by atoms with Crippen LogP contribution in [0.4, 0.5) is 4.39 Å². The Morgan fingerprint density at radius 2 is 1.51 bits per heavy atom. The van der Waals surface area contributed by atoms with Crippen molar-refractivity contribution in [2.24, 2.45) is 5.41 Å². The third kappa shape index (κ3) is 5.36. The first-order chi connectivity index (χ1) is 18.8. The van der Waals surface area contributed by atoms with Crippen molar-refractivity contribution in [3.63, 3.8) is 0 Å². The summed E-state index contributed by atoms with van der Waals surface area (Å²) in [7, 11) is 3.04. The van der Waals surface area contributed by atoms with E-state index < -0.39 is 5.41 Å². The largest absolute Gasteiger partial charge is 0.496 e. The summed E-state index contributed by atoms with van der Waals surface area (Å²) in [6, 6.07) is 18.0. The number of methoxy groups -OCH3 is 1. The summed E-state index contributed by atoms with van der Waals surface area (Å²) in [6.07, 6.45) is 2.97. The van der Waals surface area contributed by atoms with Crippen molar-refractivity contribution in [1.82, 2.24) is 10.3 Å². The summed E-state index contributed by atoms with van der Waals surface area (Å²) in [4.78, 5) is 42.7. The van der Waals surface area contributed by atoms with Crippen LogP contribution in [0.2, 0.25) is 0 Å².